The van der Waals surface area contributed by atoms with Crippen LogP contribution in [0.25, 0.3) is 0 Å². The predicted molar refractivity (Wildman–Crippen MR) is 85.2 cm³/mol. The van der Waals surface area contributed by atoms with Crippen molar-refractivity contribution in [1.82, 2.24) is 15.1 Å². The van der Waals surface area contributed by atoms with E-state index in [-0.39, 0.29) is 11.9 Å². The van der Waals surface area contributed by atoms with Gasteiger partial charge in [-0.15, -0.1) is 0 Å². The number of carbonyl (C=O) groups excluding carboxylic acids is 1. The molecule has 1 N–H and O–H groups in total. The highest BCUT2D eigenvalue weighted by atomic mass is 79.9. The first-order valence-electron chi connectivity index (χ1n) is 7.43. The molecule has 0 saturated heterocycles. The zero-order chi connectivity index (χ0) is 15.6. The molecule has 118 valence electrons. The van der Waals surface area contributed by atoms with Crippen LogP contribution in [0, 0.1) is 19.8 Å². The first kappa shape index (κ1) is 16.5. The molecule has 1 fully saturated rings. The van der Waals surface area contributed by atoms with Gasteiger partial charge in [0.05, 0.1) is 17.3 Å². The van der Waals surface area contributed by atoms with Gasteiger partial charge in [-0.05, 0) is 62.0 Å². The van der Waals surface area contributed by atoms with Crippen molar-refractivity contribution >= 4 is 21.9 Å². The van der Waals surface area contributed by atoms with Gasteiger partial charge in [0.2, 0.25) is 0 Å². The van der Waals surface area contributed by atoms with Crippen LogP contribution in [0.1, 0.15) is 37.1 Å². The van der Waals surface area contributed by atoms with Crippen LogP contribution in [0.15, 0.2) is 4.47 Å². The van der Waals surface area contributed by atoms with Crippen LogP contribution in [-0.4, -0.2) is 35.4 Å². The molecule has 0 bridgehead atoms. The predicted octanol–water partition coefficient (Wildman–Crippen LogP) is 2.58. The van der Waals surface area contributed by atoms with Crippen molar-refractivity contribution in [3.63, 3.8) is 0 Å². The Morgan fingerprint density at radius 1 is 1.57 bits per heavy atom. The lowest BCUT2D eigenvalue weighted by Crippen LogP contribution is -2.54. The van der Waals surface area contributed by atoms with Gasteiger partial charge < -0.3 is 10.1 Å². The average molecular weight is 358 g/mol. The number of nitrogens with zero attached hydrogens (tertiary/aromatic N) is 2. The number of ether oxygens (including phenoxy) is 1. The number of halogens is 1. The lowest BCUT2D eigenvalue weighted by Gasteiger charge is -2.32. The summed E-state index contributed by atoms with van der Waals surface area (Å²) in [6.45, 7) is 4.88. The molecule has 1 heterocycles. The molecule has 6 heteroatoms. The van der Waals surface area contributed by atoms with Crippen molar-refractivity contribution in [3.05, 3.63) is 15.9 Å². The number of esters is 1. The molecule has 2 rings (SSSR count). The molecule has 0 aromatic carbocycles. The van der Waals surface area contributed by atoms with Crippen molar-refractivity contribution < 1.29 is 9.53 Å². The van der Waals surface area contributed by atoms with Crippen molar-refractivity contribution in [2.45, 2.75) is 51.6 Å². The van der Waals surface area contributed by atoms with E-state index in [1.807, 2.05) is 18.7 Å². The molecule has 21 heavy (non-hydrogen) atoms. The van der Waals surface area contributed by atoms with Gasteiger partial charge in [0, 0.05) is 12.2 Å². The quantitative estimate of drug-likeness (QED) is 0.822. The molecule has 0 amide bonds. The number of likely N-dealkylation sites (N-methyl/N-ethyl adjacent to an activating group) is 1. The minimum absolute atomic E-state index is 0.137. The highest BCUT2D eigenvalue weighted by molar-refractivity contribution is 9.10. The SMILES string of the molecule is CNC1(C(=O)OC)CCCC1CCn1nc(C)c(Br)c1C. The highest BCUT2D eigenvalue weighted by Crippen LogP contribution is 2.39. The Hall–Kier alpha value is -0.880. The van der Waals surface area contributed by atoms with Crippen LogP contribution < -0.4 is 5.32 Å². The Kier molecular flexibility index (Phi) is 5.09. The third kappa shape index (κ3) is 2.88. The van der Waals surface area contributed by atoms with Crippen molar-refractivity contribution in [2.24, 2.45) is 5.92 Å². The van der Waals surface area contributed by atoms with E-state index in [1.165, 1.54) is 7.11 Å². The summed E-state index contributed by atoms with van der Waals surface area (Å²) < 4.78 is 8.12. The van der Waals surface area contributed by atoms with Gasteiger partial charge in [-0.3, -0.25) is 9.48 Å². The van der Waals surface area contributed by atoms with Crippen LogP contribution in [0.2, 0.25) is 0 Å². The summed E-state index contributed by atoms with van der Waals surface area (Å²) in [7, 11) is 3.32. The lowest BCUT2D eigenvalue weighted by atomic mass is 9.84. The molecule has 1 aromatic rings. The summed E-state index contributed by atoms with van der Waals surface area (Å²) in [5.41, 5.74) is 1.62. The fourth-order valence-corrected chi connectivity index (χ4v) is 3.81. The summed E-state index contributed by atoms with van der Waals surface area (Å²) >= 11 is 3.55. The van der Waals surface area contributed by atoms with E-state index < -0.39 is 5.54 Å². The maximum Gasteiger partial charge on any atom is 0.326 e. The Morgan fingerprint density at radius 2 is 2.29 bits per heavy atom. The standard InChI is InChI=1S/C15H24BrN3O2/c1-10-13(16)11(2)19(18-10)9-7-12-6-5-8-15(12,17-3)14(20)21-4/h12,17H,5-9H2,1-4H3. The smallest absolute Gasteiger partial charge is 0.326 e. The fraction of sp³-hybridized carbons (Fsp3) is 0.733. The molecule has 2 atom stereocenters. The second kappa shape index (κ2) is 6.48. The van der Waals surface area contributed by atoms with Crippen LogP contribution in [0.3, 0.4) is 0 Å². The number of hydrogen-bond donors (Lipinski definition) is 1. The minimum atomic E-state index is -0.526. The molecule has 0 radical (unpaired) electrons. The van der Waals surface area contributed by atoms with Gasteiger partial charge in [0.1, 0.15) is 5.54 Å². The molecule has 0 aliphatic heterocycles. The monoisotopic (exact) mass is 357 g/mol. The van der Waals surface area contributed by atoms with Crippen molar-refractivity contribution in [3.8, 4) is 0 Å². The van der Waals surface area contributed by atoms with Gasteiger partial charge in [0.25, 0.3) is 0 Å². The Labute approximate surface area is 134 Å². The number of hydrogen-bond acceptors (Lipinski definition) is 4. The van der Waals surface area contributed by atoms with E-state index in [0.29, 0.717) is 0 Å². The van der Waals surface area contributed by atoms with Gasteiger partial charge in [0.15, 0.2) is 0 Å². The van der Waals surface area contributed by atoms with Crippen LogP contribution in [0.4, 0.5) is 0 Å². The summed E-state index contributed by atoms with van der Waals surface area (Å²) in [5, 5.41) is 7.77. The fourth-order valence-electron chi connectivity index (χ4n) is 3.52. The molecule has 1 aromatic heterocycles. The zero-order valence-corrected chi connectivity index (χ0v) is 14.8. The molecule has 1 aliphatic carbocycles. The first-order chi connectivity index (χ1) is 9.96. The molecular formula is C15H24BrN3O2. The minimum Gasteiger partial charge on any atom is -0.468 e. The van der Waals surface area contributed by atoms with Crippen molar-refractivity contribution in [1.29, 1.82) is 0 Å². The molecule has 0 spiro atoms. The normalized spacial score (nSPS) is 25.3. The first-order valence-corrected chi connectivity index (χ1v) is 8.22. The molecule has 2 unspecified atom stereocenters. The van der Waals surface area contributed by atoms with E-state index >= 15 is 0 Å². The third-order valence-electron chi connectivity index (χ3n) is 4.80. The van der Waals surface area contributed by atoms with E-state index in [1.54, 1.807) is 0 Å². The molecule has 1 saturated carbocycles. The second-order valence-electron chi connectivity index (χ2n) is 5.80. The lowest BCUT2D eigenvalue weighted by molar-refractivity contribution is -0.150. The van der Waals surface area contributed by atoms with E-state index in [0.717, 1.165) is 48.1 Å². The largest absolute Gasteiger partial charge is 0.468 e. The Morgan fingerprint density at radius 3 is 2.81 bits per heavy atom. The molecule has 5 nitrogen and oxygen atoms in total. The van der Waals surface area contributed by atoms with Gasteiger partial charge in [-0.1, -0.05) is 6.42 Å². The highest BCUT2D eigenvalue weighted by Gasteiger charge is 2.48. The maximum atomic E-state index is 12.2. The second-order valence-corrected chi connectivity index (χ2v) is 6.59. The summed E-state index contributed by atoms with van der Waals surface area (Å²) in [5.74, 6) is 0.152. The van der Waals surface area contributed by atoms with Crippen LogP contribution in [-0.2, 0) is 16.1 Å². The van der Waals surface area contributed by atoms with Crippen LogP contribution in [0.5, 0.6) is 0 Å². The number of aromatic nitrogens is 2. The third-order valence-corrected chi connectivity index (χ3v) is 5.95. The topological polar surface area (TPSA) is 56.1 Å². The Balaban J connectivity index is 2.11. The van der Waals surface area contributed by atoms with Gasteiger partial charge in [-0.25, -0.2) is 0 Å². The number of carbonyl (C=O) groups is 1. The van der Waals surface area contributed by atoms with E-state index in [2.05, 4.69) is 33.3 Å². The zero-order valence-electron chi connectivity index (χ0n) is 13.2. The molecule has 1 aliphatic rings. The summed E-state index contributed by atoms with van der Waals surface area (Å²) in [6.07, 6.45) is 3.88. The van der Waals surface area contributed by atoms with Crippen molar-refractivity contribution in [2.75, 3.05) is 14.2 Å². The Bertz CT molecular complexity index is 529. The number of aryl methyl sites for hydroxylation is 2. The van der Waals surface area contributed by atoms with E-state index in [4.69, 9.17) is 4.74 Å². The summed E-state index contributed by atoms with van der Waals surface area (Å²) in [6, 6.07) is 0. The van der Waals surface area contributed by atoms with E-state index in [9.17, 15) is 4.79 Å². The maximum absolute atomic E-state index is 12.2. The number of nitrogens with one attached hydrogen (secondary N) is 1. The number of rotatable bonds is 5. The molecular weight excluding hydrogens is 334 g/mol. The average Bonchev–Trinajstić information content (AvgIpc) is 3.01. The van der Waals surface area contributed by atoms with Gasteiger partial charge in [-0.2, -0.15) is 5.10 Å². The van der Waals surface area contributed by atoms with Gasteiger partial charge >= 0.3 is 5.97 Å². The number of methoxy groups -OCH3 is 1. The van der Waals surface area contributed by atoms with Crippen LogP contribution >= 0.6 is 15.9 Å². The summed E-state index contributed by atoms with van der Waals surface area (Å²) in [4.78, 5) is 12.2.